The summed E-state index contributed by atoms with van der Waals surface area (Å²) in [5.41, 5.74) is 0. The molecule has 0 rings (SSSR count). The van der Waals surface area contributed by atoms with Gasteiger partial charge in [-0.05, 0) is 44.4 Å². The number of thioether (sulfide) groups is 1. The Morgan fingerprint density at radius 2 is 1.85 bits per heavy atom. The molecule has 0 atom stereocenters. The van der Waals surface area contributed by atoms with E-state index in [2.05, 4.69) is 11.6 Å². The van der Waals surface area contributed by atoms with Gasteiger partial charge in [0.25, 0.3) is 0 Å². The summed E-state index contributed by atoms with van der Waals surface area (Å²) in [6.07, 6.45) is 7.33. The highest BCUT2D eigenvalue weighted by molar-refractivity contribution is 7.98. The molecule has 0 saturated carbocycles. The Kier molecular flexibility index (Phi) is 12.5. The van der Waals surface area contributed by atoms with Crippen molar-refractivity contribution in [3.8, 4) is 0 Å². The third-order valence-corrected chi connectivity index (χ3v) is 2.60. The van der Waals surface area contributed by atoms with Crippen LogP contribution in [0.5, 0.6) is 0 Å². The Morgan fingerprint density at radius 3 is 2.54 bits per heavy atom. The van der Waals surface area contributed by atoms with Gasteiger partial charge in [-0.25, -0.2) is 0 Å². The molecule has 1 N–H and O–H groups in total. The first-order chi connectivity index (χ1) is 6.41. The van der Waals surface area contributed by atoms with E-state index in [1.54, 1.807) is 7.11 Å². The van der Waals surface area contributed by atoms with Crippen LogP contribution >= 0.6 is 11.8 Å². The molecule has 0 amide bonds. The van der Waals surface area contributed by atoms with Crippen molar-refractivity contribution in [3.63, 3.8) is 0 Å². The van der Waals surface area contributed by atoms with E-state index >= 15 is 0 Å². The predicted molar refractivity (Wildman–Crippen MR) is 61.6 cm³/mol. The van der Waals surface area contributed by atoms with E-state index in [1.807, 2.05) is 11.8 Å². The molecular weight excluding hydrogens is 182 g/mol. The van der Waals surface area contributed by atoms with Crippen LogP contribution in [0.4, 0.5) is 0 Å². The van der Waals surface area contributed by atoms with Gasteiger partial charge in [0.1, 0.15) is 0 Å². The zero-order valence-corrected chi connectivity index (χ0v) is 9.79. The molecule has 80 valence electrons. The lowest BCUT2D eigenvalue weighted by atomic mass is 10.2. The van der Waals surface area contributed by atoms with E-state index < -0.39 is 0 Å². The number of nitrogens with one attached hydrogen (secondary N) is 1. The second-order valence-corrected chi connectivity index (χ2v) is 4.14. The molecule has 2 nitrogen and oxygen atoms in total. The summed E-state index contributed by atoms with van der Waals surface area (Å²) in [6, 6.07) is 0. The first-order valence-electron chi connectivity index (χ1n) is 5.10. The largest absolute Gasteiger partial charge is 0.385 e. The van der Waals surface area contributed by atoms with Crippen LogP contribution in [0.1, 0.15) is 25.7 Å². The fourth-order valence-electron chi connectivity index (χ4n) is 1.14. The van der Waals surface area contributed by atoms with Gasteiger partial charge in [0.2, 0.25) is 0 Å². The standard InChI is InChI=1S/C10H23NOS/c1-12-9-6-8-11-7-4-3-5-10-13-2/h11H,3-10H2,1-2H3. The molecule has 0 aliphatic carbocycles. The van der Waals surface area contributed by atoms with E-state index in [0.717, 1.165) is 26.1 Å². The lowest BCUT2D eigenvalue weighted by Gasteiger charge is -2.03. The number of hydrogen-bond donors (Lipinski definition) is 1. The molecule has 13 heavy (non-hydrogen) atoms. The van der Waals surface area contributed by atoms with Crippen LogP contribution in [0.3, 0.4) is 0 Å². The van der Waals surface area contributed by atoms with Gasteiger partial charge in [-0.3, -0.25) is 0 Å². The van der Waals surface area contributed by atoms with Gasteiger partial charge in [0, 0.05) is 13.7 Å². The molecule has 0 spiro atoms. The van der Waals surface area contributed by atoms with Crippen molar-refractivity contribution >= 4 is 11.8 Å². The van der Waals surface area contributed by atoms with Crippen LogP contribution in [0, 0.1) is 0 Å². The van der Waals surface area contributed by atoms with Crippen molar-refractivity contribution in [2.45, 2.75) is 25.7 Å². The predicted octanol–water partition coefficient (Wildman–Crippen LogP) is 2.15. The lowest BCUT2D eigenvalue weighted by molar-refractivity contribution is 0.194. The van der Waals surface area contributed by atoms with Crippen LogP contribution in [0.25, 0.3) is 0 Å². The van der Waals surface area contributed by atoms with Crippen LogP contribution in [-0.4, -0.2) is 38.8 Å². The minimum Gasteiger partial charge on any atom is -0.385 e. The van der Waals surface area contributed by atoms with Crippen LogP contribution in [0.15, 0.2) is 0 Å². The fourth-order valence-corrected chi connectivity index (χ4v) is 1.63. The minimum absolute atomic E-state index is 0.874. The van der Waals surface area contributed by atoms with E-state index in [1.165, 1.54) is 25.0 Å². The van der Waals surface area contributed by atoms with Gasteiger partial charge in [-0.15, -0.1) is 0 Å². The first-order valence-corrected chi connectivity index (χ1v) is 6.49. The van der Waals surface area contributed by atoms with Crippen molar-refractivity contribution < 1.29 is 4.74 Å². The SMILES string of the molecule is COCCCNCCCCCSC. The normalized spacial score (nSPS) is 10.6. The van der Waals surface area contributed by atoms with Crippen LogP contribution in [-0.2, 0) is 4.74 Å². The summed E-state index contributed by atoms with van der Waals surface area (Å²) in [6.45, 7) is 3.13. The van der Waals surface area contributed by atoms with Crippen molar-refractivity contribution in [1.82, 2.24) is 5.32 Å². The van der Waals surface area contributed by atoms with E-state index in [4.69, 9.17) is 4.74 Å². The van der Waals surface area contributed by atoms with Gasteiger partial charge < -0.3 is 10.1 Å². The molecule has 0 aliphatic heterocycles. The summed E-state index contributed by atoms with van der Waals surface area (Å²) in [7, 11) is 1.75. The van der Waals surface area contributed by atoms with Gasteiger partial charge in [0.15, 0.2) is 0 Å². The van der Waals surface area contributed by atoms with E-state index in [-0.39, 0.29) is 0 Å². The molecule has 0 bridgehead atoms. The van der Waals surface area contributed by atoms with Crippen molar-refractivity contribution in [2.75, 3.05) is 38.8 Å². The third-order valence-electron chi connectivity index (χ3n) is 1.90. The number of rotatable bonds is 10. The molecule has 0 aromatic heterocycles. The lowest BCUT2D eigenvalue weighted by Crippen LogP contribution is -2.17. The monoisotopic (exact) mass is 205 g/mol. The average Bonchev–Trinajstić information content (AvgIpc) is 2.16. The quantitative estimate of drug-likeness (QED) is 0.552. The van der Waals surface area contributed by atoms with E-state index in [9.17, 15) is 0 Å². The number of unbranched alkanes of at least 4 members (excludes halogenated alkanes) is 2. The van der Waals surface area contributed by atoms with Gasteiger partial charge in [-0.1, -0.05) is 6.42 Å². The smallest absolute Gasteiger partial charge is 0.0474 e. The van der Waals surface area contributed by atoms with Gasteiger partial charge in [-0.2, -0.15) is 11.8 Å². The highest BCUT2D eigenvalue weighted by atomic mass is 32.2. The summed E-state index contributed by atoms with van der Waals surface area (Å²) in [5.74, 6) is 1.31. The van der Waals surface area contributed by atoms with Crippen molar-refractivity contribution in [3.05, 3.63) is 0 Å². The molecule has 0 aliphatic rings. The average molecular weight is 205 g/mol. The number of hydrogen-bond acceptors (Lipinski definition) is 3. The van der Waals surface area contributed by atoms with Gasteiger partial charge >= 0.3 is 0 Å². The molecule has 0 aromatic carbocycles. The maximum absolute atomic E-state index is 4.96. The molecule has 0 aromatic rings. The molecule has 3 heteroatoms. The summed E-state index contributed by atoms with van der Waals surface area (Å²) in [4.78, 5) is 0. The second kappa shape index (κ2) is 12.3. The van der Waals surface area contributed by atoms with Crippen molar-refractivity contribution in [2.24, 2.45) is 0 Å². The Morgan fingerprint density at radius 1 is 1.08 bits per heavy atom. The Labute approximate surface area is 86.8 Å². The Balaban J connectivity index is 2.76. The first kappa shape index (κ1) is 13.3. The highest BCUT2D eigenvalue weighted by Crippen LogP contribution is 2.00. The molecule has 0 fully saturated rings. The fraction of sp³-hybridized carbons (Fsp3) is 1.00. The van der Waals surface area contributed by atoms with Crippen LogP contribution in [0.2, 0.25) is 0 Å². The highest BCUT2D eigenvalue weighted by Gasteiger charge is 1.89. The second-order valence-electron chi connectivity index (χ2n) is 3.15. The maximum atomic E-state index is 4.96. The summed E-state index contributed by atoms with van der Waals surface area (Å²) >= 11 is 1.94. The molecule has 0 radical (unpaired) electrons. The Hall–Kier alpha value is 0.270. The number of ether oxygens (including phenoxy) is 1. The zero-order chi connectivity index (χ0) is 9.78. The van der Waals surface area contributed by atoms with Crippen LogP contribution < -0.4 is 5.32 Å². The van der Waals surface area contributed by atoms with E-state index in [0.29, 0.717) is 0 Å². The summed E-state index contributed by atoms with van der Waals surface area (Å²) in [5, 5.41) is 3.41. The summed E-state index contributed by atoms with van der Waals surface area (Å²) < 4.78 is 4.96. The zero-order valence-electron chi connectivity index (χ0n) is 8.97. The van der Waals surface area contributed by atoms with Gasteiger partial charge in [0.05, 0.1) is 0 Å². The molecule has 0 saturated heterocycles. The van der Waals surface area contributed by atoms with Crippen molar-refractivity contribution in [1.29, 1.82) is 0 Å². The molecular formula is C10H23NOS. The molecule has 0 unspecified atom stereocenters. The third kappa shape index (κ3) is 12.3. The topological polar surface area (TPSA) is 21.3 Å². The Bertz CT molecular complexity index is 81.0. The molecule has 0 heterocycles. The minimum atomic E-state index is 0.874. The number of methoxy groups -OCH3 is 1. The maximum Gasteiger partial charge on any atom is 0.0474 e.